The summed E-state index contributed by atoms with van der Waals surface area (Å²) in [5.41, 5.74) is -0.0762. The van der Waals surface area contributed by atoms with E-state index in [2.05, 4.69) is 18.8 Å². The highest BCUT2D eigenvalue weighted by Crippen LogP contribution is 2.22. The van der Waals surface area contributed by atoms with Gasteiger partial charge >= 0.3 is 0 Å². The maximum Gasteiger partial charge on any atom is 0.262 e. The Hall–Kier alpha value is -1.33. The molecular weight excluding hydrogens is 296 g/mol. The number of thioether (sulfide) groups is 1. The van der Waals surface area contributed by atoms with Gasteiger partial charge in [-0.05, 0) is 38.3 Å². The normalized spacial score (nSPS) is 12.3. The van der Waals surface area contributed by atoms with Crippen molar-refractivity contribution in [3.8, 4) is 0 Å². The third kappa shape index (κ3) is 4.34. The Morgan fingerprint density at radius 1 is 1.32 bits per heavy atom. The molecule has 1 N–H and O–H groups in total. The first-order valence-corrected chi connectivity index (χ1v) is 8.61. The molecule has 2 aromatic rings. The third-order valence-corrected chi connectivity index (χ3v) is 4.73. The Labute approximate surface area is 135 Å². The van der Waals surface area contributed by atoms with Gasteiger partial charge < -0.3 is 5.11 Å². The number of hydrogen-bond donors (Lipinski definition) is 1. The summed E-state index contributed by atoms with van der Waals surface area (Å²) < 4.78 is 1.75. The molecule has 0 unspecified atom stereocenters. The standard InChI is InChI=1S/C17H24N2O2S/c1-12(2)9-10-19-15(20)13-7-5-6-8-14(13)18-16(19)22-11-17(3,4)21/h5-8,12,21H,9-11H2,1-4H3. The zero-order valence-electron chi connectivity index (χ0n) is 13.7. The molecule has 4 nitrogen and oxygen atoms in total. The Morgan fingerprint density at radius 2 is 2.00 bits per heavy atom. The smallest absolute Gasteiger partial charge is 0.262 e. The first kappa shape index (κ1) is 17.0. The number of hydrogen-bond acceptors (Lipinski definition) is 4. The summed E-state index contributed by atoms with van der Waals surface area (Å²) in [5.74, 6) is 1.02. The molecule has 0 aliphatic rings. The summed E-state index contributed by atoms with van der Waals surface area (Å²) in [6, 6.07) is 7.43. The molecule has 0 spiro atoms. The van der Waals surface area contributed by atoms with Crippen molar-refractivity contribution in [2.45, 2.75) is 51.4 Å². The van der Waals surface area contributed by atoms with E-state index in [1.807, 2.05) is 24.3 Å². The number of rotatable bonds is 6. The average molecular weight is 320 g/mol. The number of aromatic nitrogens is 2. The predicted octanol–water partition coefficient (Wildman–Crippen LogP) is 3.31. The fraction of sp³-hybridized carbons (Fsp3) is 0.529. The molecule has 0 saturated heterocycles. The number of nitrogens with zero attached hydrogens (tertiary/aromatic N) is 2. The first-order chi connectivity index (χ1) is 10.3. The number of fused-ring (bicyclic) bond motifs is 1. The van der Waals surface area contributed by atoms with Crippen molar-refractivity contribution < 1.29 is 5.11 Å². The predicted molar refractivity (Wildman–Crippen MR) is 92.5 cm³/mol. The monoisotopic (exact) mass is 320 g/mol. The van der Waals surface area contributed by atoms with Gasteiger partial charge in [0.25, 0.3) is 5.56 Å². The van der Waals surface area contributed by atoms with Gasteiger partial charge in [0.2, 0.25) is 0 Å². The maximum atomic E-state index is 12.7. The Kier molecular flexibility index (Phi) is 5.29. The number of para-hydroxylation sites is 1. The molecule has 0 aliphatic heterocycles. The van der Waals surface area contributed by atoms with Gasteiger partial charge in [0.1, 0.15) is 0 Å². The van der Waals surface area contributed by atoms with Crippen LogP contribution in [0.15, 0.2) is 34.2 Å². The fourth-order valence-corrected chi connectivity index (χ4v) is 3.06. The molecule has 0 fully saturated rings. The van der Waals surface area contributed by atoms with Gasteiger partial charge in [0.05, 0.1) is 16.5 Å². The highest BCUT2D eigenvalue weighted by atomic mass is 32.2. The lowest BCUT2D eigenvalue weighted by molar-refractivity contribution is 0.107. The van der Waals surface area contributed by atoms with Crippen LogP contribution in [0.3, 0.4) is 0 Å². The van der Waals surface area contributed by atoms with E-state index < -0.39 is 5.60 Å². The molecule has 0 aliphatic carbocycles. The van der Waals surface area contributed by atoms with Gasteiger partial charge in [0.15, 0.2) is 5.16 Å². The Balaban J connectivity index is 2.45. The van der Waals surface area contributed by atoms with Crippen LogP contribution in [0.25, 0.3) is 10.9 Å². The number of benzene rings is 1. The molecule has 0 atom stereocenters. The van der Waals surface area contributed by atoms with E-state index in [-0.39, 0.29) is 5.56 Å². The van der Waals surface area contributed by atoms with Gasteiger partial charge in [-0.25, -0.2) is 4.98 Å². The molecule has 1 aromatic heterocycles. The molecule has 1 heterocycles. The van der Waals surface area contributed by atoms with Crippen LogP contribution in [0.1, 0.15) is 34.1 Å². The largest absolute Gasteiger partial charge is 0.390 e. The van der Waals surface area contributed by atoms with Gasteiger partial charge in [-0.3, -0.25) is 9.36 Å². The van der Waals surface area contributed by atoms with E-state index in [0.717, 1.165) is 6.42 Å². The quantitative estimate of drug-likeness (QED) is 0.655. The molecule has 22 heavy (non-hydrogen) atoms. The highest BCUT2D eigenvalue weighted by Gasteiger charge is 2.17. The molecule has 0 saturated carbocycles. The molecule has 0 amide bonds. The molecule has 0 bridgehead atoms. The van der Waals surface area contributed by atoms with Crippen LogP contribution in [0.5, 0.6) is 0 Å². The summed E-state index contributed by atoms with van der Waals surface area (Å²) >= 11 is 1.44. The van der Waals surface area contributed by atoms with Gasteiger partial charge in [-0.1, -0.05) is 37.7 Å². The highest BCUT2D eigenvalue weighted by molar-refractivity contribution is 7.99. The van der Waals surface area contributed by atoms with Crippen molar-refractivity contribution in [2.75, 3.05) is 5.75 Å². The zero-order chi connectivity index (χ0) is 16.3. The van der Waals surface area contributed by atoms with Gasteiger partial charge in [-0.15, -0.1) is 0 Å². The summed E-state index contributed by atoms with van der Waals surface area (Å²) in [5, 5.41) is 11.3. The second-order valence-electron chi connectivity index (χ2n) is 6.65. The van der Waals surface area contributed by atoms with Crippen LogP contribution < -0.4 is 5.56 Å². The third-order valence-electron chi connectivity index (χ3n) is 3.31. The number of aliphatic hydroxyl groups is 1. The first-order valence-electron chi connectivity index (χ1n) is 7.63. The van der Waals surface area contributed by atoms with Crippen LogP contribution in [0.4, 0.5) is 0 Å². The van der Waals surface area contributed by atoms with E-state index in [1.54, 1.807) is 18.4 Å². The average Bonchev–Trinajstić information content (AvgIpc) is 2.43. The lowest BCUT2D eigenvalue weighted by atomic mass is 10.1. The minimum absolute atomic E-state index is 0.00416. The minimum Gasteiger partial charge on any atom is -0.390 e. The second-order valence-corrected chi connectivity index (χ2v) is 7.59. The van der Waals surface area contributed by atoms with Crippen molar-refractivity contribution in [1.29, 1.82) is 0 Å². The molecular formula is C17H24N2O2S. The van der Waals surface area contributed by atoms with Crippen LogP contribution in [-0.2, 0) is 6.54 Å². The summed E-state index contributed by atoms with van der Waals surface area (Å²) in [7, 11) is 0. The van der Waals surface area contributed by atoms with Crippen LogP contribution in [-0.4, -0.2) is 26.0 Å². The second kappa shape index (κ2) is 6.84. The molecule has 2 rings (SSSR count). The van der Waals surface area contributed by atoms with Crippen molar-refractivity contribution in [2.24, 2.45) is 5.92 Å². The lowest BCUT2D eigenvalue weighted by Gasteiger charge is -2.18. The van der Waals surface area contributed by atoms with E-state index in [1.165, 1.54) is 11.8 Å². The van der Waals surface area contributed by atoms with E-state index in [4.69, 9.17) is 0 Å². The van der Waals surface area contributed by atoms with Gasteiger partial charge in [-0.2, -0.15) is 0 Å². The molecule has 0 radical (unpaired) electrons. The maximum absolute atomic E-state index is 12.7. The van der Waals surface area contributed by atoms with Gasteiger partial charge in [0, 0.05) is 12.3 Å². The summed E-state index contributed by atoms with van der Waals surface area (Å²) in [4.78, 5) is 17.4. The zero-order valence-corrected chi connectivity index (χ0v) is 14.5. The minimum atomic E-state index is -0.795. The Morgan fingerprint density at radius 3 is 2.64 bits per heavy atom. The fourth-order valence-electron chi connectivity index (χ4n) is 2.08. The van der Waals surface area contributed by atoms with E-state index >= 15 is 0 Å². The molecule has 1 aromatic carbocycles. The van der Waals surface area contributed by atoms with E-state index in [0.29, 0.717) is 34.3 Å². The Bertz CT molecular complexity index is 702. The van der Waals surface area contributed by atoms with Crippen LogP contribution >= 0.6 is 11.8 Å². The topological polar surface area (TPSA) is 55.1 Å². The molecule has 120 valence electrons. The summed E-state index contributed by atoms with van der Waals surface area (Å²) in [6.45, 7) is 8.46. The van der Waals surface area contributed by atoms with Crippen LogP contribution in [0, 0.1) is 5.92 Å². The van der Waals surface area contributed by atoms with E-state index in [9.17, 15) is 9.90 Å². The SMILES string of the molecule is CC(C)CCn1c(SCC(C)(C)O)nc2ccccc2c1=O. The van der Waals surface area contributed by atoms with Crippen molar-refractivity contribution >= 4 is 22.7 Å². The molecule has 5 heteroatoms. The summed E-state index contributed by atoms with van der Waals surface area (Å²) in [6.07, 6.45) is 0.927. The van der Waals surface area contributed by atoms with Crippen molar-refractivity contribution in [3.63, 3.8) is 0 Å². The van der Waals surface area contributed by atoms with Crippen molar-refractivity contribution in [3.05, 3.63) is 34.6 Å². The lowest BCUT2D eigenvalue weighted by Crippen LogP contribution is -2.26. The van der Waals surface area contributed by atoms with Crippen LogP contribution in [0.2, 0.25) is 0 Å². The van der Waals surface area contributed by atoms with Crippen molar-refractivity contribution in [1.82, 2.24) is 9.55 Å².